The van der Waals surface area contributed by atoms with E-state index in [1.807, 2.05) is 13.8 Å². The predicted octanol–water partition coefficient (Wildman–Crippen LogP) is 4.57. The van der Waals surface area contributed by atoms with Gasteiger partial charge in [0.15, 0.2) is 0 Å². The highest BCUT2D eigenvalue weighted by Gasteiger charge is 2.18. The van der Waals surface area contributed by atoms with Gasteiger partial charge in [0.2, 0.25) is 0 Å². The Morgan fingerprint density at radius 1 is 1.28 bits per heavy atom. The summed E-state index contributed by atoms with van der Waals surface area (Å²) in [5, 5.41) is 7.57. The third-order valence-electron chi connectivity index (χ3n) is 2.71. The van der Waals surface area contributed by atoms with Gasteiger partial charge in [0.05, 0.1) is 12.7 Å². The van der Waals surface area contributed by atoms with Crippen LogP contribution in [-0.2, 0) is 4.74 Å². The molecule has 1 aliphatic rings. The van der Waals surface area contributed by atoms with Crippen LogP contribution in [0.3, 0.4) is 0 Å². The fourth-order valence-electron chi connectivity index (χ4n) is 1.88. The Hall–Kier alpha value is -0.340. The molecule has 0 amide bonds. The third-order valence-corrected chi connectivity index (χ3v) is 2.71. The van der Waals surface area contributed by atoms with Crippen LogP contribution >= 0.6 is 0 Å². The Kier molecular flexibility index (Phi) is 16.3. The summed E-state index contributed by atoms with van der Waals surface area (Å²) in [4.78, 5) is 0. The summed E-state index contributed by atoms with van der Waals surface area (Å²) in [5.41, 5.74) is 1.35. The molecule has 1 saturated carbocycles. The maximum Gasteiger partial charge on any atom is 0.0653 e. The topological polar surface area (TPSA) is 29.5 Å². The monoisotopic (exact) mass is 258 g/mol. The fraction of sp³-hybridized carbons (Fsp3) is 0.875. The van der Waals surface area contributed by atoms with Crippen LogP contribution in [0.25, 0.3) is 0 Å². The van der Waals surface area contributed by atoms with Crippen molar-refractivity contribution >= 4 is 0 Å². The lowest BCUT2D eigenvalue weighted by atomic mass is 9.89. The first-order valence-electron chi connectivity index (χ1n) is 7.45. The first-order chi connectivity index (χ1) is 8.60. The molecule has 110 valence electrons. The molecule has 0 bridgehead atoms. The van der Waals surface area contributed by atoms with Gasteiger partial charge in [0.1, 0.15) is 0 Å². The highest BCUT2D eigenvalue weighted by Crippen LogP contribution is 2.25. The molecule has 2 heteroatoms. The van der Waals surface area contributed by atoms with Crippen LogP contribution in [0.15, 0.2) is 11.6 Å². The summed E-state index contributed by atoms with van der Waals surface area (Å²) in [6.07, 6.45) is 7.96. The second-order valence-electron chi connectivity index (χ2n) is 4.82. The van der Waals surface area contributed by atoms with Crippen molar-refractivity contribution in [1.82, 2.24) is 0 Å². The van der Waals surface area contributed by atoms with Crippen molar-refractivity contribution in [3.63, 3.8) is 0 Å². The van der Waals surface area contributed by atoms with Gasteiger partial charge in [-0.3, -0.25) is 0 Å². The zero-order valence-corrected chi connectivity index (χ0v) is 13.3. The van der Waals surface area contributed by atoms with Crippen LogP contribution in [-0.4, -0.2) is 24.4 Å². The van der Waals surface area contributed by atoms with Gasteiger partial charge in [0, 0.05) is 6.61 Å². The largest absolute Gasteiger partial charge is 0.397 e. The molecule has 1 N–H and O–H groups in total. The average Bonchev–Trinajstić information content (AvgIpc) is 2.32. The predicted molar refractivity (Wildman–Crippen MR) is 80.9 cm³/mol. The second kappa shape index (κ2) is 14.7. The summed E-state index contributed by atoms with van der Waals surface area (Å²) in [7, 11) is 0. The van der Waals surface area contributed by atoms with E-state index in [9.17, 15) is 0 Å². The number of aliphatic hydroxyl groups excluding tert-OH is 1. The molecule has 1 aliphatic carbocycles. The highest BCUT2D eigenvalue weighted by atomic mass is 16.5. The molecule has 0 heterocycles. The van der Waals surface area contributed by atoms with Crippen LogP contribution in [0, 0.1) is 5.92 Å². The van der Waals surface area contributed by atoms with Crippen molar-refractivity contribution in [3.8, 4) is 0 Å². The molecule has 2 atom stereocenters. The molecular formula is C16H34O2. The molecule has 0 saturated heterocycles. The van der Waals surface area contributed by atoms with Crippen LogP contribution in [0.4, 0.5) is 0 Å². The number of hydrogen-bond acceptors (Lipinski definition) is 2. The molecule has 18 heavy (non-hydrogen) atoms. The minimum atomic E-state index is 0.250. The van der Waals surface area contributed by atoms with Crippen LogP contribution < -0.4 is 0 Å². The third kappa shape index (κ3) is 13.7. The van der Waals surface area contributed by atoms with Crippen LogP contribution in [0.5, 0.6) is 0 Å². The second-order valence-corrected chi connectivity index (χ2v) is 4.82. The number of allylic oxidation sites excluding steroid dienone is 1. The molecule has 0 aromatic rings. The van der Waals surface area contributed by atoms with Crippen molar-refractivity contribution < 1.29 is 9.84 Å². The van der Waals surface area contributed by atoms with Gasteiger partial charge in [-0.1, -0.05) is 45.3 Å². The SMILES string of the molecule is CC.CC(C)=CCOC1CCCC(C)C1.CCO. The van der Waals surface area contributed by atoms with Crippen LogP contribution in [0.1, 0.15) is 67.2 Å². The minimum Gasteiger partial charge on any atom is -0.397 e. The molecule has 2 nitrogen and oxygen atoms in total. The minimum absolute atomic E-state index is 0.250. The molecule has 0 aliphatic heterocycles. The molecule has 0 aromatic carbocycles. The summed E-state index contributed by atoms with van der Waals surface area (Å²) in [6, 6.07) is 0. The Morgan fingerprint density at radius 3 is 2.28 bits per heavy atom. The fourth-order valence-corrected chi connectivity index (χ4v) is 1.88. The maximum absolute atomic E-state index is 7.57. The molecule has 0 radical (unpaired) electrons. The van der Waals surface area contributed by atoms with Crippen molar-refractivity contribution in [1.29, 1.82) is 0 Å². The number of hydrogen-bond donors (Lipinski definition) is 1. The number of ether oxygens (including phenoxy) is 1. The first kappa shape index (κ1) is 20.0. The summed E-state index contributed by atoms with van der Waals surface area (Å²) in [5.74, 6) is 0.866. The molecular weight excluding hydrogens is 224 g/mol. The number of aliphatic hydroxyl groups is 1. The van der Waals surface area contributed by atoms with E-state index in [1.54, 1.807) is 6.92 Å². The van der Waals surface area contributed by atoms with Crippen molar-refractivity contribution in [2.24, 2.45) is 5.92 Å². The average molecular weight is 258 g/mol. The van der Waals surface area contributed by atoms with Gasteiger partial charge in [-0.05, 0) is 39.5 Å². The van der Waals surface area contributed by atoms with Crippen LogP contribution in [0.2, 0.25) is 0 Å². The Bertz CT molecular complexity index is 184. The van der Waals surface area contributed by atoms with E-state index >= 15 is 0 Å². The molecule has 1 fully saturated rings. The van der Waals surface area contributed by atoms with Crippen molar-refractivity contribution in [2.75, 3.05) is 13.2 Å². The van der Waals surface area contributed by atoms with Gasteiger partial charge in [-0.15, -0.1) is 0 Å². The highest BCUT2D eigenvalue weighted by molar-refractivity contribution is 4.93. The van der Waals surface area contributed by atoms with Gasteiger partial charge in [-0.2, -0.15) is 0 Å². The van der Waals surface area contributed by atoms with E-state index in [4.69, 9.17) is 9.84 Å². The lowest BCUT2D eigenvalue weighted by Crippen LogP contribution is -2.21. The Balaban J connectivity index is 0. The zero-order chi connectivity index (χ0) is 14.4. The molecule has 1 rings (SSSR count). The van der Waals surface area contributed by atoms with Gasteiger partial charge in [-0.25, -0.2) is 0 Å². The van der Waals surface area contributed by atoms with E-state index in [0.29, 0.717) is 6.10 Å². The van der Waals surface area contributed by atoms with E-state index in [1.165, 1.54) is 31.3 Å². The molecule has 0 aromatic heterocycles. The first-order valence-corrected chi connectivity index (χ1v) is 7.45. The summed E-state index contributed by atoms with van der Waals surface area (Å²) < 4.78 is 5.79. The van der Waals surface area contributed by atoms with Gasteiger partial charge in [0.25, 0.3) is 0 Å². The quantitative estimate of drug-likeness (QED) is 0.751. The van der Waals surface area contributed by atoms with E-state index in [2.05, 4.69) is 26.8 Å². The standard InChI is InChI=1S/C12H22O.C2H6O.C2H6/c1-10(2)7-8-13-12-6-4-5-11(3)9-12;1-2-3;1-2/h7,11-12H,4-6,8-9H2,1-3H3;3H,2H2,1H3;1-2H3. The van der Waals surface area contributed by atoms with E-state index in [0.717, 1.165) is 12.5 Å². The summed E-state index contributed by atoms with van der Waals surface area (Å²) in [6.45, 7) is 13.3. The van der Waals surface area contributed by atoms with E-state index < -0.39 is 0 Å². The zero-order valence-electron chi connectivity index (χ0n) is 13.3. The maximum atomic E-state index is 7.57. The number of rotatable bonds is 3. The van der Waals surface area contributed by atoms with Crippen molar-refractivity contribution in [2.45, 2.75) is 73.3 Å². The Morgan fingerprint density at radius 2 is 1.83 bits per heavy atom. The lowest BCUT2D eigenvalue weighted by molar-refractivity contribution is 0.0319. The summed E-state index contributed by atoms with van der Waals surface area (Å²) >= 11 is 0. The molecule has 2 unspecified atom stereocenters. The molecule has 0 spiro atoms. The van der Waals surface area contributed by atoms with E-state index in [-0.39, 0.29) is 6.61 Å². The normalized spacial score (nSPS) is 21.9. The lowest BCUT2D eigenvalue weighted by Gasteiger charge is -2.26. The smallest absolute Gasteiger partial charge is 0.0653 e. The van der Waals surface area contributed by atoms with Gasteiger partial charge >= 0.3 is 0 Å². The van der Waals surface area contributed by atoms with Gasteiger partial charge < -0.3 is 9.84 Å². The Labute approximate surface area is 114 Å². The van der Waals surface area contributed by atoms with Crippen molar-refractivity contribution in [3.05, 3.63) is 11.6 Å².